The smallest absolute Gasteiger partial charge is 0.359 e. The molecule has 0 aliphatic rings. The van der Waals surface area contributed by atoms with E-state index in [0.717, 1.165) is 5.00 Å². The van der Waals surface area contributed by atoms with Gasteiger partial charge in [0, 0.05) is 20.2 Å². The number of hydrogen-bond acceptors (Lipinski definition) is 13. The molecule has 0 aliphatic heterocycles. The highest BCUT2D eigenvalue weighted by Gasteiger charge is 2.13. The van der Waals surface area contributed by atoms with Gasteiger partial charge in [-0.2, -0.15) is 0 Å². The molecule has 0 atom stereocenters. The molecule has 0 fully saturated rings. The number of ether oxygens (including phenoxy) is 3. The van der Waals surface area contributed by atoms with Crippen molar-refractivity contribution in [1.29, 1.82) is 0 Å². The van der Waals surface area contributed by atoms with E-state index in [0.29, 0.717) is 16.0 Å². The van der Waals surface area contributed by atoms with Gasteiger partial charge in [-0.05, 0) is 0 Å². The Morgan fingerprint density at radius 2 is 1.66 bits per heavy atom. The Hall–Kier alpha value is -3.52. The molecule has 32 heavy (non-hydrogen) atoms. The summed E-state index contributed by atoms with van der Waals surface area (Å²) in [6.45, 7) is 0. The lowest BCUT2D eigenvalue weighted by Gasteiger charge is -1.98. The summed E-state index contributed by atoms with van der Waals surface area (Å²) in [6.07, 6.45) is -0.312. The van der Waals surface area contributed by atoms with Crippen LogP contribution in [0.5, 0.6) is 5.75 Å². The van der Waals surface area contributed by atoms with Crippen molar-refractivity contribution in [2.45, 2.75) is 6.42 Å². The van der Waals surface area contributed by atoms with Crippen LogP contribution in [-0.4, -0.2) is 65.9 Å². The molecule has 0 saturated heterocycles. The van der Waals surface area contributed by atoms with Gasteiger partial charge in [0.25, 0.3) is 5.56 Å². The number of aromatic hydroxyl groups is 1. The normalized spacial score (nSPS) is 9.53. The summed E-state index contributed by atoms with van der Waals surface area (Å²) in [5, 5.41) is 12.9. The summed E-state index contributed by atoms with van der Waals surface area (Å²) in [7, 11) is 7.15. The highest BCUT2D eigenvalue weighted by molar-refractivity contribution is 7.16. The van der Waals surface area contributed by atoms with Crippen molar-refractivity contribution in [3.63, 3.8) is 0 Å². The number of pyridine rings is 1. The minimum atomic E-state index is -0.582. The summed E-state index contributed by atoms with van der Waals surface area (Å²) in [5.41, 5.74) is 3.81. The number of nitrogens with zero attached hydrogens (tertiary/aromatic N) is 3. The number of fused-ring (bicyclic) bond motifs is 1. The maximum Gasteiger partial charge on any atom is 0.359 e. The summed E-state index contributed by atoms with van der Waals surface area (Å²) < 4.78 is 14.3. The number of hydrogen-bond donors (Lipinski definition) is 2. The minimum absolute atomic E-state index is 0.0469. The monoisotopic (exact) mass is 486 g/mol. The largest absolute Gasteiger partial charge is 0.505 e. The van der Waals surface area contributed by atoms with Crippen molar-refractivity contribution >= 4 is 55.9 Å². The first-order chi connectivity index (χ1) is 15.2. The summed E-state index contributed by atoms with van der Waals surface area (Å²) in [5.74, 6) is -1.62. The van der Waals surface area contributed by atoms with Gasteiger partial charge in [0.1, 0.15) is 27.5 Å². The zero-order valence-corrected chi connectivity index (χ0v) is 19.5. The lowest BCUT2D eigenvalue weighted by molar-refractivity contribution is -0.151. The Balaban J connectivity index is 0.000000243. The molecule has 2 N–H and O–H groups in total. The van der Waals surface area contributed by atoms with E-state index >= 15 is 0 Å². The molecule has 0 radical (unpaired) electrons. The van der Waals surface area contributed by atoms with Gasteiger partial charge in [0.05, 0.1) is 32.4 Å². The van der Waals surface area contributed by atoms with Crippen LogP contribution < -0.4 is 10.9 Å². The van der Waals surface area contributed by atoms with Gasteiger partial charge in [0.15, 0.2) is 5.69 Å². The van der Waals surface area contributed by atoms with Crippen molar-refractivity contribution < 1.29 is 33.7 Å². The van der Waals surface area contributed by atoms with Crippen molar-refractivity contribution in [1.82, 2.24) is 14.5 Å². The molecule has 12 nitrogen and oxygen atoms in total. The topological polar surface area (TPSA) is 159 Å². The standard InChI is InChI=1S/C7H6N2O2S.C6H8N2O2S.C5H8O4/c1-9-5(11)2-4(10)6-7(9)12-3-8-6;1-7-5-4(6(9)10-2)8-3-11-5;1-8-4(6)3-5(7)9-2/h2-3,10H,1H3;3,7H,1-2H3;3H2,1-2H3. The Morgan fingerprint density at radius 1 is 1.06 bits per heavy atom. The summed E-state index contributed by atoms with van der Waals surface area (Å²) in [4.78, 5) is 51.0. The Kier molecular flexibility index (Phi) is 10.8. The fraction of sp³-hybridized carbons (Fsp3) is 0.333. The molecule has 14 heteroatoms. The van der Waals surface area contributed by atoms with Gasteiger partial charge in [-0.25, -0.2) is 14.8 Å². The predicted octanol–water partition coefficient (Wildman–Crippen LogP) is 1.39. The molecule has 0 amide bonds. The first-order valence-electron chi connectivity index (χ1n) is 8.65. The second kappa shape index (κ2) is 13.0. The van der Waals surface area contributed by atoms with Crippen LogP contribution in [0.15, 0.2) is 21.9 Å². The molecular formula is C18H22N4O8S2. The van der Waals surface area contributed by atoms with E-state index in [1.165, 1.54) is 54.6 Å². The van der Waals surface area contributed by atoms with Crippen LogP contribution in [0.4, 0.5) is 5.00 Å². The lowest BCUT2D eigenvalue weighted by Crippen LogP contribution is -2.14. The van der Waals surface area contributed by atoms with Crippen LogP contribution in [0.25, 0.3) is 10.3 Å². The SMILES string of the molecule is CNc1scnc1C(=O)OC.COC(=O)CC(=O)OC.Cn1c(=O)cc(O)c2ncsc21. The third kappa shape index (κ3) is 7.31. The van der Waals surface area contributed by atoms with Gasteiger partial charge >= 0.3 is 17.9 Å². The number of esters is 3. The number of rotatable bonds is 4. The Labute approximate surface area is 190 Å². The van der Waals surface area contributed by atoms with Crippen molar-refractivity contribution in [3.05, 3.63) is 33.1 Å². The van der Waals surface area contributed by atoms with Crippen LogP contribution >= 0.6 is 22.7 Å². The molecule has 3 aromatic heterocycles. The van der Waals surface area contributed by atoms with Crippen LogP contribution in [-0.2, 0) is 30.8 Å². The average molecular weight is 487 g/mol. The highest BCUT2D eigenvalue weighted by Crippen LogP contribution is 2.23. The van der Waals surface area contributed by atoms with Gasteiger partial charge < -0.3 is 29.2 Å². The number of methoxy groups -OCH3 is 3. The van der Waals surface area contributed by atoms with E-state index in [9.17, 15) is 24.3 Å². The predicted molar refractivity (Wildman–Crippen MR) is 118 cm³/mol. The average Bonchev–Trinajstić information content (AvgIpc) is 3.47. The molecule has 0 unspecified atom stereocenters. The molecule has 0 saturated carbocycles. The van der Waals surface area contributed by atoms with Gasteiger partial charge in [-0.1, -0.05) is 0 Å². The maximum atomic E-state index is 11.1. The maximum absolute atomic E-state index is 11.1. The first kappa shape index (κ1) is 26.5. The fourth-order valence-corrected chi connectivity index (χ4v) is 3.37. The van der Waals surface area contributed by atoms with E-state index < -0.39 is 17.9 Å². The van der Waals surface area contributed by atoms with Crippen molar-refractivity contribution in [3.8, 4) is 5.75 Å². The van der Waals surface area contributed by atoms with E-state index in [2.05, 4.69) is 29.5 Å². The number of carbonyl (C=O) groups excluding carboxylic acids is 3. The van der Waals surface area contributed by atoms with Gasteiger partial charge in [-0.3, -0.25) is 14.4 Å². The molecule has 3 rings (SSSR count). The Bertz CT molecular complexity index is 1110. The lowest BCUT2D eigenvalue weighted by atomic mass is 10.4. The number of aryl methyl sites for hydroxylation is 1. The van der Waals surface area contributed by atoms with Gasteiger partial charge in [-0.15, -0.1) is 22.7 Å². The van der Waals surface area contributed by atoms with E-state index in [1.54, 1.807) is 25.1 Å². The number of thiazole rings is 2. The van der Waals surface area contributed by atoms with Crippen LogP contribution in [0.1, 0.15) is 16.9 Å². The molecule has 174 valence electrons. The zero-order valence-electron chi connectivity index (χ0n) is 17.9. The molecule has 3 heterocycles. The molecule has 0 bridgehead atoms. The fourth-order valence-electron chi connectivity index (χ4n) is 1.96. The minimum Gasteiger partial charge on any atom is -0.505 e. The summed E-state index contributed by atoms with van der Waals surface area (Å²) in [6, 6.07) is 1.17. The first-order valence-corrected chi connectivity index (χ1v) is 10.4. The zero-order chi connectivity index (χ0) is 24.3. The van der Waals surface area contributed by atoms with Crippen LogP contribution in [0.2, 0.25) is 0 Å². The summed E-state index contributed by atoms with van der Waals surface area (Å²) >= 11 is 2.70. The van der Waals surface area contributed by atoms with Crippen molar-refractivity contribution in [2.75, 3.05) is 33.7 Å². The number of anilines is 1. The molecular weight excluding hydrogens is 464 g/mol. The Morgan fingerprint density at radius 3 is 2.19 bits per heavy atom. The highest BCUT2D eigenvalue weighted by atomic mass is 32.1. The van der Waals surface area contributed by atoms with Gasteiger partial charge in [0.2, 0.25) is 0 Å². The number of aromatic nitrogens is 3. The third-order valence-electron chi connectivity index (χ3n) is 3.60. The van der Waals surface area contributed by atoms with Crippen LogP contribution in [0.3, 0.4) is 0 Å². The molecule has 0 aromatic carbocycles. The van der Waals surface area contributed by atoms with E-state index in [-0.39, 0.29) is 17.7 Å². The van der Waals surface area contributed by atoms with Crippen molar-refractivity contribution in [2.24, 2.45) is 7.05 Å². The molecule has 3 aromatic rings. The molecule has 0 aliphatic carbocycles. The van der Waals surface area contributed by atoms with E-state index in [4.69, 9.17) is 0 Å². The number of carbonyl (C=O) groups is 3. The second-order valence-corrected chi connectivity index (χ2v) is 7.22. The second-order valence-electron chi connectivity index (χ2n) is 5.53. The molecule has 0 spiro atoms. The van der Waals surface area contributed by atoms with E-state index in [1.807, 2.05) is 0 Å². The van der Waals surface area contributed by atoms with Crippen LogP contribution in [0, 0.1) is 0 Å². The number of nitrogens with one attached hydrogen (secondary N) is 1. The third-order valence-corrected chi connectivity index (χ3v) is 5.35. The quantitative estimate of drug-likeness (QED) is 0.312.